The predicted octanol–water partition coefficient (Wildman–Crippen LogP) is 4.96. The molecule has 1 amide bonds. The smallest absolute Gasteiger partial charge is 0.274 e. The van der Waals surface area contributed by atoms with E-state index in [2.05, 4.69) is 47.7 Å². The molecule has 0 aliphatic heterocycles. The normalized spacial score (nSPS) is 10.3. The van der Waals surface area contributed by atoms with Crippen molar-refractivity contribution < 1.29 is 9.53 Å². The van der Waals surface area contributed by atoms with E-state index in [1.165, 1.54) is 5.56 Å². The fraction of sp³-hybridized carbons (Fsp3) is 0.182. The fourth-order valence-electron chi connectivity index (χ4n) is 2.91. The minimum atomic E-state index is -0.288. The van der Waals surface area contributed by atoms with E-state index in [4.69, 9.17) is 4.74 Å². The average molecular weight is 361 g/mol. The minimum absolute atomic E-state index is 0.288. The maximum Gasteiger partial charge on any atom is 0.274 e. The summed E-state index contributed by atoms with van der Waals surface area (Å²) in [5, 5.41) is 6.28. The highest BCUT2D eigenvalue weighted by atomic mass is 16.5. The number of ether oxygens (including phenoxy) is 1. The van der Waals surface area contributed by atoms with Gasteiger partial charge in [-0.2, -0.15) is 0 Å². The van der Waals surface area contributed by atoms with Gasteiger partial charge in [0.2, 0.25) is 0 Å². The number of aryl methyl sites for hydroxylation is 2. The van der Waals surface area contributed by atoms with Crippen LogP contribution in [0.3, 0.4) is 0 Å². The van der Waals surface area contributed by atoms with Crippen LogP contribution < -0.4 is 15.4 Å². The van der Waals surface area contributed by atoms with Crippen molar-refractivity contribution in [3.05, 3.63) is 77.6 Å². The van der Waals surface area contributed by atoms with Gasteiger partial charge in [0.1, 0.15) is 11.4 Å². The Hall–Kier alpha value is -3.34. The SMILES string of the molecule is CCc1cccc(C)c1Nc1ccnc(C(=O)Nc2ccccc2OC)c1. The van der Waals surface area contributed by atoms with Crippen LogP contribution in [0.4, 0.5) is 17.1 Å². The molecule has 1 heterocycles. The maximum absolute atomic E-state index is 12.6. The molecule has 0 aliphatic rings. The molecule has 0 saturated heterocycles. The zero-order chi connectivity index (χ0) is 19.2. The molecule has 0 unspecified atom stereocenters. The third-order valence-electron chi connectivity index (χ3n) is 4.36. The highest BCUT2D eigenvalue weighted by Gasteiger charge is 2.12. The van der Waals surface area contributed by atoms with Crippen molar-refractivity contribution in [3.8, 4) is 5.75 Å². The summed E-state index contributed by atoms with van der Waals surface area (Å²) in [7, 11) is 1.57. The quantitative estimate of drug-likeness (QED) is 0.651. The molecule has 0 radical (unpaired) electrons. The summed E-state index contributed by atoms with van der Waals surface area (Å²) in [6, 6.07) is 17.1. The van der Waals surface area contributed by atoms with E-state index in [9.17, 15) is 4.79 Å². The number of benzene rings is 2. The molecule has 2 N–H and O–H groups in total. The molecule has 1 aromatic heterocycles. The van der Waals surface area contributed by atoms with Crippen LogP contribution >= 0.6 is 0 Å². The van der Waals surface area contributed by atoms with Gasteiger partial charge >= 0.3 is 0 Å². The molecule has 5 nitrogen and oxygen atoms in total. The number of nitrogens with one attached hydrogen (secondary N) is 2. The van der Waals surface area contributed by atoms with Crippen LogP contribution in [0.1, 0.15) is 28.5 Å². The highest BCUT2D eigenvalue weighted by Crippen LogP contribution is 2.26. The summed E-state index contributed by atoms with van der Waals surface area (Å²) < 4.78 is 5.28. The van der Waals surface area contributed by atoms with E-state index in [1.807, 2.05) is 18.2 Å². The van der Waals surface area contributed by atoms with Gasteiger partial charge < -0.3 is 15.4 Å². The van der Waals surface area contributed by atoms with Gasteiger partial charge in [-0.25, -0.2) is 0 Å². The van der Waals surface area contributed by atoms with Crippen LogP contribution in [0.2, 0.25) is 0 Å². The molecule has 0 saturated carbocycles. The van der Waals surface area contributed by atoms with Gasteiger partial charge in [0.05, 0.1) is 12.8 Å². The van der Waals surface area contributed by atoms with Crippen molar-refractivity contribution in [1.29, 1.82) is 0 Å². The van der Waals surface area contributed by atoms with E-state index in [-0.39, 0.29) is 5.91 Å². The predicted molar refractivity (Wildman–Crippen MR) is 109 cm³/mol. The summed E-state index contributed by atoms with van der Waals surface area (Å²) >= 11 is 0. The lowest BCUT2D eigenvalue weighted by Crippen LogP contribution is -2.14. The van der Waals surface area contributed by atoms with E-state index in [0.717, 1.165) is 23.4 Å². The number of methoxy groups -OCH3 is 1. The van der Waals surface area contributed by atoms with Gasteiger partial charge in [-0.1, -0.05) is 37.3 Å². The van der Waals surface area contributed by atoms with Gasteiger partial charge in [-0.3, -0.25) is 9.78 Å². The van der Waals surface area contributed by atoms with Crippen LogP contribution in [0.15, 0.2) is 60.8 Å². The standard InChI is InChI=1S/C22H23N3O2/c1-4-16-9-7-8-15(2)21(16)24-17-12-13-23-19(14-17)22(26)25-18-10-5-6-11-20(18)27-3/h5-14H,4H2,1-3H3,(H,23,24)(H,25,26). The third kappa shape index (κ3) is 4.26. The molecular formula is C22H23N3O2. The number of hydrogen-bond acceptors (Lipinski definition) is 4. The van der Waals surface area contributed by atoms with Crippen molar-refractivity contribution in [2.45, 2.75) is 20.3 Å². The summed E-state index contributed by atoms with van der Waals surface area (Å²) in [4.78, 5) is 16.8. The van der Waals surface area contributed by atoms with Gasteiger partial charge in [0.15, 0.2) is 0 Å². The summed E-state index contributed by atoms with van der Waals surface area (Å²) in [5.74, 6) is 0.316. The summed E-state index contributed by atoms with van der Waals surface area (Å²) in [5.41, 5.74) is 5.22. The molecule has 0 fully saturated rings. The Morgan fingerprint density at radius 3 is 2.70 bits per heavy atom. The van der Waals surface area contributed by atoms with Gasteiger partial charge in [0, 0.05) is 17.6 Å². The second-order valence-electron chi connectivity index (χ2n) is 6.17. The zero-order valence-electron chi connectivity index (χ0n) is 15.7. The first-order chi connectivity index (χ1) is 13.1. The van der Waals surface area contributed by atoms with Crippen molar-refractivity contribution >= 4 is 23.0 Å². The number of carbonyl (C=O) groups excluding carboxylic acids is 1. The number of pyridine rings is 1. The number of nitrogens with zero attached hydrogens (tertiary/aromatic N) is 1. The number of aromatic nitrogens is 1. The number of hydrogen-bond donors (Lipinski definition) is 2. The Balaban J connectivity index is 1.83. The van der Waals surface area contributed by atoms with Gasteiger partial charge in [0.25, 0.3) is 5.91 Å². The molecule has 3 rings (SSSR count). The van der Waals surface area contributed by atoms with Crippen molar-refractivity contribution in [1.82, 2.24) is 4.98 Å². The molecule has 27 heavy (non-hydrogen) atoms. The van der Waals surface area contributed by atoms with E-state index in [1.54, 1.807) is 31.5 Å². The molecule has 0 bridgehead atoms. The minimum Gasteiger partial charge on any atom is -0.495 e. The molecule has 138 valence electrons. The lowest BCUT2D eigenvalue weighted by molar-refractivity contribution is 0.102. The molecular weight excluding hydrogens is 338 g/mol. The average Bonchev–Trinajstić information content (AvgIpc) is 2.70. The molecule has 2 aromatic carbocycles. The highest BCUT2D eigenvalue weighted by molar-refractivity contribution is 6.04. The lowest BCUT2D eigenvalue weighted by atomic mass is 10.1. The Kier molecular flexibility index (Phi) is 5.71. The fourth-order valence-corrected chi connectivity index (χ4v) is 2.91. The first-order valence-electron chi connectivity index (χ1n) is 8.88. The maximum atomic E-state index is 12.6. The van der Waals surface area contributed by atoms with Gasteiger partial charge in [-0.15, -0.1) is 0 Å². The molecule has 0 spiro atoms. The van der Waals surface area contributed by atoms with E-state index < -0.39 is 0 Å². The number of para-hydroxylation sites is 3. The molecule has 3 aromatic rings. The van der Waals surface area contributed by atoms with Crippen LogP contribution in [0.25, 0.3) is 0 Å². The second kappa shape index (κ2) is 8.36. The zero-order valence-corrected chi connectivity index (χ0v) is 15.7. The first kappa shape index (κ1) is 18.5. The van der Waals surface area contributed by atoms with E-state index >= 15 is 0 Å². The number of anilines is 3. The van der Waals surface area contributed by atoms with Crippen LogP contribution in [0, 0.1) is 6.92 Å². The Labute approximate surface area is 159 Å². The topological polar surface area (TPSA) is 63.2 Å². The van der Waals surface area contributed by atoms with Crippen LogP contribution in [0.5, 0.6) is 5.75 Å². The van der Waals surface area contributed by atoms with Crippen molar-refractivity contribution in [2.24, 2.45) is 0 Å². The van der Waals surface area contributed by atoms with Gasteiger partial charge in [-0.05, 0) is 48.7 Å². The lowest BCUT2D eigenvalue weighted by Gasteiger charge is -2.15. The summed E-state index contributed by atoms with van der Waals surface area (Å²) in [6.07, 6.45) is 2.56. The Morgan fingerprint density at radius 2 is 1.93 bits per heavy atom. The summed E-state index contributed by atoms with van der Waals surface area (Å²) in [6.45, 7) is 4.19. The van der Waals surface area contributed by atoms with Crippen LogP contribution in [-0.2, 0) is 6.42 Å². The van der Waals surface area contributed by atoms with Crippen LogP contribution in [-0.4, -0.2) is 18.0 Å². The van der Waals surface area contributed by atoms with Crippen molar-refractivity contribution in [3.63, 3.8) is 0 Å². The second-order valence-corrected chi connectivity index (χ2v) is 6.17. The molecule has 5 heteroatoms. The molecule has 0 aliphatic carbocycles. The number of amides is 1. The van der Waals surface area contributed by atoms with Crippen molar-refractivity contribution in [2.75, 3.05) is 17.7 Å². The largest absolute Gasteiger partial charge is 0.495 e. The monoisotopic (exact) mass is 361 g/mol. The third-order valence-corrected chi connectivity index (χ3v) is 4.36. The van der Waals surface area contributed by atoms with E-state index in [0.29, 0.717) is 17.1 Å². The Morgan fingerprint density at radius 1 is 1.11 bits per heavy atom. The number of rotatable bonds is 6. The first-order valence-corrected chi connectivity index (χ1v) is 8.88. The number of carbonyl (C=O) groups is 1. The molecule has 0 atom stereocenters. The Bertz CT molecular complexity index is 954.